The summed E-state index contributed by atoms with van der Waals surface area (Å²) < 4.78 is 35.3. The third kappa shape index (κ3) is 4.94. The molecule has 4 amide bonds. The summed E-state index contributed by atoms with van der Waals surface area (Å²) in [6.07, 6.45) is 1.37. The number of nitrogens with zero attached hydrogens (tertiary/aromatic N) is 1. The number of benzene rings is 3. The molecule has 1 saturated heterocycles. The molecule has 0 bridgehead atoms. The minimum Gasteiger partial charge on any atom is -0.490 e. The summed E-state index contributed by atoms with van der Waals surface area (Å²) in [5.41, 5.74) is 1.24. The van der Waals surface area contributed by atoms with Gasteiger partial charge < -0.3 is 18.9 Å². The minimum absolute atomic E-state index is 0.0361. The molecule has 2 aliphatic heterocycles. The molecule has 1 N–H and O–H groups in total. The van der Waals surface area contributed by atoms with E-state index in [4.69, 9.17) is 18.9 Å². The topological polar surface area (TPSA) is 103 Å². The van der Waals surface area contributed by atoms with E-state index in [0.29, 0.717) is 35.2 Å². The second-order valence-corrected chi connectivity index (χ2v) is 8.05. The van der Waals surface area contributed by atoms with Crippen molar-refractivity contribution in [3.63, 3.8) is 0 Å². The minimum atomic E-state index is -0.870. The SMILES string of the molecule is CCOc1cc(/C=C2\C(=O)NC(=O)N(c3ccc4c(c3)OCO4)C2=O)ccc1OCc1ccc(F)cc1. The summed E-state index contributed by atoms with van der Waals surface area (Å²) in [7, 11) is 0. The standard InChI is InChI=1S/C27H21FN2O7/c1-2-34-23-12-17(5-9-21(23)35-14-16-3-6-18(28)7-4-16)11-20-25(31)29-27(33)30(26(20)32)19-8-10-22-24(13-19)37-15-36-22/h3-13H,2,14-15H2,1H3,(H,29,31,33)/b20-11+. The molecule has 3 aromatic carbocycles. The van der Waals surface area contributed by atoms with Gasteiger partial charge in [-0.2, -0.15) is 0 Å². The van der Waals surface area contributed by atoms with E-state index in [-0.39, 0.29) is 30.5 Å². The van der Waals surface area contributed by atoms with Crippen molar-refractivity contribution in [3.8, 4) is 23.0 Å². The fourth-order valence-electron chi connectivity index (χ4n) is 3.83. The molecule has 0 aromatic heterocycles. The van der Waals surface area contributed by atoms with Gasteiger partial charge in [0.25, 0.3) is 11.8 Å². The van der Waals surface area contributed by atoms with Crippen molar-refractivity contribution >= 4 is 29.6 Å². The Labute approximate surface area is 211 Å². The zero-order valence-corrected chi connectivity index (χ0v) is 19.7. The predicted molar refractivity (Wildman–Crippen MR) is 130 cm³/mol. The Kier molecular flexibility index (Phi) is 6.46. The van der Waals surface area contributed by atoms with Gasteiger partial charge in [-0.15, -0.1) is 0 Å². The first-order valence-electron chi connectivity index (χ1n) is 11.4. The van der Waals surface area contributed by atoms with E-state index in [9.17, 15) is 18.8 Å². The quantitative estimate of drug-likeness (QED) is 0.380. The van der Waals surface area contributed by atoms with Crippen LogP contribution in [0.3, 0.4) is 0 Å². The molecule has 0 atom stereocenters. The number of barbiturate groups is 1. The van der Waals surface area contributed by atoms with E-state index in [1.807, 2.05) is 6.92 Å². The molecule has 0 spiro atoms. The van der Waals surface area contributed by atoms with Crippen LogP contribution < -0.4 is 29.2 Å². The summed E-state index contributed by atoms with van der Waals surface area (Å²) in [5.74, 6) is -0.236. The van der Waals surface area contributed by atoms with Crippen LogP contribution in [0.2, 0.25) is 0 Å². The average molecular weight is 504 g/mol. The average Bonchev–Trinajstić information content (AvgIpc) is 3.35. The van der Waals surface area contributed by atoms with E-state index in [0.717, 1.165) is 10.5 Å². The lowest BCUT2D eigenvalue weighted by molar-refractivity contribution is -0.122. The lowest BCUT2D eigenvalue weighted by Gasteiger charge is -2.26. The lowest BCUT2D eigenvalue weighted by atomic mass is 10.1. The largest absolute Gasteiger partial charge is 0.490 e. The van der Waals surface area contributed by atoms with Gasteiger partial charge >= 0.3 is 6.03 Å². The van der Waals surface area contributed by atoms with Crippen LogP contribution in [0, 0.1) is 5.82 Å². The fraction of sp³-hybridized carbons (Fsp3) is 0.148. The summed E-state index contributed by atoms with van der Waals surface area (Å²) >= 11 is 0. The first-order chi connectivity index (χ1) is 17.9. The molecule has 10 heteroatoms. The van der Waals surface area contributed by atoms with E-state index < -0.39 is 17.8 Å². The molecule has 1 fully saturated rings. The normalized spacial score (nSPS) is 15.7. The molecular formula is C27H21FN2O7. The molecule has 0 unspecified atom stereocenters. The zero-order valence-electron chi connectivity index (χ0n) is 19.7. The van der Waals surface area contributed by atoms with E-state index in [1.165, 1.54) is 30.3 Å². The number of halogens is 1. The number of ether oxygens (including phenoxy) is 4. The number of rotatable bonds is 7. The zero-order chi connectivity index (χ0) is 25.9. The van der Waals surface area contributed by atoms with Crippen LogP contribution in [0.5, 0.6) is 23.0 Å². The van der Waals surface area contributed by atoms with Crippen molar-refractivity contribution in [2.24, 2.45) is 0 Å². The van der Waals surface area contributed by atoms with Gasteiger partial charge in [-0.1, -0.05) is 18.2 Å². The number of anilines is 1. The molecule has 37 heavy (non-hydrogen) atoms. The Morgan fingerprint density at radius 3 is 2.51 bits per heavy atom. The maximum Gasteiger partial charge on any atom is 0.335 e. The molecule has 5 rings (SSSR count). The van der Waals surface area contributed by atoms with Gasteiger partial charge in [0.2, 0.25) is 6.79 Å². The van der Waals surface area contributed by atoms with E-state index in [2.05, 4.69) is 5.32 Å². The summed E-state index contributed by atoms with van der Waals surface area (Å²) in [6, 6.07) is 14.6. The second kappa shape index (κ2) is 10.0. The van der Waals surface area contributed by atoms with Crippen LogP contribution in [-0.4, -0.2) is 31.2 Å². The number of carbonyl (C=O) groups excluding carboxylic acids is 3. The van der Waals surface area contributed by atoms with Gasteiger partial charge in [0.15, 0.2) is 23.0 Å². The molecule has 188 valence electrons. The number of fused-ring (bicyclic) bond motifs is 1. The number of imide groups is 2. The monoisotopic (exact) mass is 504 g/mol. The van der Waals surface area contributed by atoms with Crippen LogP contribution in [-0.2, 0) is 16.2 Å². The van der Waals surface area contributed by atoms with Crippen LogP contribution in [0.25, 0.3) is 6.08 Å². The van der Waals surface area contributed by atoms with E-state index in [1.54, 1.807) is 36.4 Å². The number of hydrogen-bond donors (Lipinski definition) is 1. The van der Waals surface area contributed by atoms with E-state index >= 15 is 0 Å². The third-order valence-electron chi connectivity index (χ3n) is 5.60. The van der Waals surface area contributed by atoms with Crippen LogP contribution >= 0.6 is 0 Å². The highest BCUT2D eigenvalue weighted by molar-refractivity contribution is 6.39. The molecule has 0 aliphatic carbocycles. The first-order valence-corrected chi connectivity index (χ1v) is 11.4. The summed E-state index contributed by atoms with van der Waals surface area (Å²) in [6.45, 7) is 2.38. The van der Waals surface area contributed by atoms with Crippen molar-refractivity contribution in [3.05, 3.63) is 83.2 Å². The molecule has 3 aromatic rings. The number of carbonyl (C=O) groups is 3. The summed E-state index contributed by atoms with van der Waals surface area (Å²) in [4.78, 5) is 39.2. The van der Waals surface area contributed by atoms with Crippen LogP contribution in [0.1, 0.15) is 18.1 Å². The highest BCUT2D eigenvalue weighted by Gasteiger charge is 2.37. The maximum atomic E-state index is 13.2. The Morgan fingerprint density at radius 1 is 0.946 bits per heavy atom. The lowest BCUT2D eigenvalue weighted by Crippen LogP contribution is -2.54. The molecule has 9 nitrogen and oxygen atoms in total. The number of amides is 4. The van der Waals surface area contributed by atoms with Crippen molar-refractivity contribution in [2.45, 2.75) is 13.5 Å². The van der Waals surface area contributed by atoms with Gasteiger partial charge in [-0.25, -0.2) is 14.1 Å². The fourth-order valence-corrected chi connectivity index (χ4v) is 3.83. The highest BCUT2D eigenvalue weighted by atomic mass is 19.1. The Morgan fingerprint density at radius 2 is 1.73 bits per heavy atom. The predicted octanol–water partition coefficient (Wildman–Crippen LogP) is 4.20. The van der Waals surface area contributed by atoms with Gasteiger partial charge in [-0.3, -0.25) is 14.9 Å². The maximum absolute atomic E-state index is 13.2. The van der Waals surface area contributed by atoms with Crippen molar-refractivity contribution in [1.29, 1.82) is 0 Å². The second-order valence-electron chi connectivity index (χ2n) is 8.05. The van der Waals surface area contributed by atoms with Gasteiger partial charge in [0.05, 0.1) is 12.3 Å². The highest BCUT2D eigenvalue weighted by Crippen LogP contribution is 2.36. The first kappa shape index (κ1) is 23.9. The number of nitrogens with one attached hydrogen (secondary N) is 1. The molecule has 0 saturated carbocycles. The van der Waals surface area contributed by atoms with Crippen molar-refractivity contribution < 1.29 is 37.7 Å². The number of hydrogen-bond acceptors (Lipinski definition) is 7. The molecular weight excluding hydrogens is 483 g/mol. The van der Waals surface area contributed by atoms with Crippen LogP contribution in [0.15, 0.2) is 66.2 Å². The Hall–Kier alpha value is -4.86. The summed E-state index contributed by atoms with van der Waals surface area (Å²) in [5, 5.41) is 2.19. The van der Waals surface area contributed by atoms with Crippen molar-refractivity contribution in [1.82, 2.24) is 5.32 Å². The number of urea groups is 1. The smallest absolute Gasteiger partial charge is 0.335 e. The van der Waals surface area contributed by atoms with Gasteiger partial charge in [-0.05, 0) is 60.5 Å². The molecule has 2 heterocycles. The third-order valence-corrected chi connectivity index (χ3v) is 5.60. The Bertz CT molecular complexity index is 1420. The van der Waals surface area contributed by atoms with Gasteiger partial charge in [0.1, 0.15) is 18.0 Å². The van der Waals surface area contributed by atoms with Crippen LogP contribution in [0.4, 0.5) is 14.9 Å². The molecule has 2 aliphatic rings. The Balaban J connectivity index is 1.41. The molecule has 0 radical (unpaired) electrons. The van der Waals surface area contributed by atoms with Crippen molar-refractivity contribution in [2.75, 3.05) is 18.3 Å². The van der Waals surface area contributed by atoms with Gasteiger partial charge in [0, 0.05) is 6.07 Å².